The van der Waals surface area contributed by atoms with Gasteiger partial charge in [0.2, 0.25) is 5.95 Å². The highest BCUT2D eigenvalue weighted by Crippen LogP contribution is 2.29. The summed E-state index contributed by atoms with van der Waals surface area (Å²) in [6.45, 7) is 0. The van der Waals surface area contributed by atoms with Crippen LogP contribution in [0.2, 0.25) is 0 Å². The molecule has 0 saturated heterocycles. The number of hydrogen-bond acceptors (Lipinski definition) is 5. The van der Waals surface area contributed by atoms with Crippen molar-refractivity contribution < 1.29 is 13.9 Å². The van der Waals surface area contributed by atoms with Crippen molar-refractivity contribution in [2.24, 2.45) is 0 Å². The van der Waals surface area contributed by atoms with Crippen molar-refractivity contribution in [2.75, 3.05) is 20.0 Å². The van der Waals surface area contributed by atoms with Crippen LogP contribution in [-0.4, -0.2) is 28.8 Å². The maximum Gasteiger partial charge on any atom is 0.240 e. The van der Waals surface area contributed by atoms with Crippen molar-refractivity contribution in [1.29, 1.82) is 0 Å². The van der Waals surface area contributed by atoms with Gasteiger partial charge in [-0.15, -0.1) is 5.10 Å². The first kappa shape index (κ1) is 13.2. The smallest absolute Gasteiger partial charge is 0.240 e. The summed E-state index contributed by atoms with van der Waals surface area (Å²) in [6.07, 6.45) is 0. The minimum Gasteiger partial charge on any atom is -0.497 e. The molecule has 0 radical (unpaired) electrons. The third-order valence-corrected chi connectivity index (χ3v) is 3.14. The number of pyridine rings is 1. The number of rotatable bonds is 3. The Labute approximate surface area is 119 Å². The molecule has 0 bridgehead atoms. The van der Waals surface area contributed by atoms with Gasteiger partial charge in [-0.25, -0.2) is 8.91 Å². The zero-order chi connectivity index (χ0) is 15.0. The minimum atomic E-state index is -0.421. The van der Waals surface area contributed by atoms with Gasteiger partial charge in [0.15, 0.2) is 11.4 Å². The Morgan fingerprint density at radius 3 is 2.62 bits per heavy atom. The quantitative estimate of drug-likeness (QED) is 0.799. The van der Waals surface area contributed by atoms with Gasteiger partial charge in [-0.1, -0.05) is 0 Å². The van der Waals surface area contributed by atoms with Gasteiger partial charge in [-0.2, -0.15) is 4.98 Å². The zero-order valence-corrected chi connectivity index (χ0v) is 11.5. The van der Waals surface area contributed by atoms with Crippen LogP contribution in [0.3, 0.4) is 0 Å². The highest BCUT2D eigenvalue weighted by molar-refractivity contribution is 5.68. The lowest BCUT2D eigenvalue weighted by atomic mass is 10.1. The van der Waals surface area contributed by atoms with Crippen molar-refractivity contribution in [3.63, 3.8) is 0 Å². The van der Waals surface area contributed by atoms with E-state index in [1.165, 1.54) is 24.8 Å². The molecule has 2 heterocycles. The molecule has 7 heteroatoms. The van der Waals surface area contributed by atoms with E-state index in [0.717, 1.165) is 0 Å². The van der Waals surface area contributed by atoms with E-state index >= 15 is 0 Å². The molecule has 0 atom stereocenters. The number of aromatic nitrogens is 3. The van der Waals surface area contributed by atoms with E-state index in [9.17, 15) is 4.39 Å². The molecule has 108 valence electrons. The largest absolute Gasteiger partial charge is 0.497 e. The first-order chi connectivity index (χ1) is 10.1. The summed E-state index contributed by atoms with van der Waals surface area (Å²) in [7, 11) is 3.01. The molecule has 3 aromatic rings. The second-order valence-corrected chi connectivity index (χ2v) is 4.34. The van der Waals surface area contributed by atoms with Gasteiger partial charge >= 0.3 is 0 Å². The van der Waals surface area contributed by atoms with E-state index in [-0.39, 0.29) is 5.95 Å². The molecule has 2 aromatic heterocycles. The standard InChI is InChI=1S/C14H13FN4O2/c1-20-8-3-4-9(10(15)7-8)11-5-6-12(21-2)13-17-14(16)18-19(11)13/h3-7H,1-2H3,(H2,16,18). The Balaban J connectivity index is 2.26. The van der Waals surface area contributed by atoms with Crippen LogP contribution in [0.1, 0.15) is 0 Å². The number of nitrogens with two attached hydrogens (primary N) is 1. The molecule has 6 nitrogen and oxygen atoms in total. The van der Waals surface area contributed by atoms with Crippen molar-refractivity contribution in [3.05, 3.63) is 36.1 Å². The van der Waals surface area contributed by atoms with Crippen LogP contribution in [0.15, 0.2) is 30.3 Å². The molecule has 0 spiro atoms. The molecule has 0 saturated carbocycles. The molecule has 0 aliphatic carbocycles. The van der Waals surface area contributed by atoms with Gasteiger partial charge in [0.05, 0.1) is 19.9 Å². The monoisotopic (exact) mass is 288 g/mol. The highest BCUT2D eigenvalue weighted by atomic mass is 19.1. The molecule has 21 heavy (non-hydrogen) atoms. The number of methoxy groups -OCH3 is 2. The molecule has 0 fully saturated rings. The van der Waals surface area contributed by atoms with E-state index in [1.54, 1.807) is 24.3 Å². The highest BCUT2D eigenvalue weighted by Gasteiger charge is 2.15. The predicted molar refractivity (Wildman–Crippen MR) is 75.9 cm³/mol. The van der Waals surface area contributed by atoms with Crippen LogP contribution in [0.25, 0.3) is 16.9 Å². The normalized spacial score (nSPS) is 10.8. The third-order valence-electron chi connectivity index (χ3n) is 3.14. The SMILES string of the molecule is COc1ccc(-c2ccc(OC)c3nc(N)nn23)c(F)c1. The van der Waals surface area contributed by atoms with Crippen LogP contribution in [0.5, 0.6) is 11.5 Å². The molecule has 3 rings (SSSR count). The lowest BCUT2D eigenvalue weighted by Crippen LogP contribution is -1.99. The molecular weight excluding hydrogens is 275 g/mol. The summed E-state index contributed by atoms with van der Waals surface area (Å²) in [5.41, 5.74) is 6.96. The van der Waals surface area contributed by atoms with Crippen molar-refractivity contribution >= 4 is 11.6 Å². The van der Waals surface area contributed by atoms with E-state index in [0.29, 0.717) is 28.4 Å². The van der Waals surface area contributed by atoms with Crippen molar-refractivity contribution in [2.45, 2.75) is 0 Å². The average Bonchev–Trinajstić information content (AvgIpc) is 2.87. The topological polar surface area (TPSA) is 74.7 Å². The molecule has 0 aliphatic rings. The first-order valence-electron chi connectivity index (χ1n) is 6.17. The number of nitrogen functional groups attached to an aromatic ring is 1. The number of halogens is 1. The van der Waals surface area contributed by atoms with Crippen LogP contribution < -0.4 is 15.2 Å². The second kappa shape index (κ2) is 4.93. The van der Waals surface area contributed by atoms with Gasteiger partial charge in [0.1, 0.15) is 11.6 Å². The number of ether oxygens (including phenoxy) is 2. The average molecular weight is 288 g/mol. The molecule has 0 aliphatic heterocycles. The number of fused-ring (bicyclic) bond motifs is 1. The summed E-state index contributed by atoms with van der Waals surface area (Å²) >= 11 is 0. The molecule has 2 N–H and O–H groups in total. The number of benzene rings is 1. The Bertz CT molecular complexity index is 816. The Kier molecular flexibility index (Phi) is 3.09. The summed E-state index contributed by atoms with van der Waals surface area (Å²) in [5.74, 6) is 0.625. The zero-order valence-electron chi connectivity index (χ0n) is 11.5. The molecular formula is C14H13FN4O2. The fraction of sp³-hybridized carbons (Fsp3) is 0.143. The molecule has 0 amide bonds. The van der Waals surface area contributed by atoms with Gasteiger partial charge < -0.3 is 15.2 Å². The minimum absolute atomic E-state index is 0.0923. The maximum atomic E-state index is 14.2. The predicted octanol–water partition coefficient (Wildman–Crippen LogP) is 2.13. The number of hydrogen-bond donors (Lipinski definition) is 1. The van der Waals surface area contributed by atoms with Crippen LogP contribution in [0.4, 0.5) is 10.3 Å². The molecule has 1 aromatic carbocycles. The van der Waals surface area contributed by atoms with Crippen LogP contribution >= 0.6 is 0 Å². The van der Waals surface area contributed by atoms with Crippen LogP contribution in [-0.2, 0) is 0 Å². The lowest BCUT2D eigenvalue weighted by Gasteiger charge is -2.09. The third kappa shape index (κ3) is 2.12. The summed E-state index contributed by atoms with van der Waals surface area (Å²) < 4.78 is 25.9. The number of anilines is 1. The maximum absolute atomic E-state index is 14.2. The fourth-order valence-electron chi connectivity index (χ4n) is 2.15. The van der Waals surface area contributed by atoms with Crippen LogP contribution in [0, 0.1) is 5.82 Å². The number of nitrogens with zero attached hydrogens (tertiary/aromatic N) is 3. The Hall–Kier alpha value is -2.83. The van der Waals surface area contributed by atoms with E-state index < -0.39 is 5.82 Å². The fourth-order valence-corrected chi connectivity index (χ4v) is 2.15. The van der Waals surface area contributed by atoms with E-state index in [4.69, 9.17) is 15.2 Å². The van der Waals surface area contributed by atoms with Crippen molar-refractivity contribution in [3.8, 4) is 22.8 Å². The van der Waals surface area contributed by atoms with Gasteiger partial charge in [0, 0.05) is 11.6 Å². The first-order valence-corrected chi connectivity index (χ1v) is 6.17. The summed E-state index contributed by atoms with van der Waals surface area (Å²) in [5, 5.41) is 4.09. The second-order valence-electron chi connectivity index (χ2n) is 4.34. The summed E-state index contributed by atoms with van der Waals surface area (Å²) in [4.78, 5) is 4.09. The Morgan fingerprint density at radius 1 is 1.14 bits per heavy atom. The van der Waals surface area contributed by atoms with E-state index in [1.807, 2.05) is 0 Å². The van der Waals surface area contributed by atoms with Gasteiger partial charge in [-0.05, 0) is 24.3 Å². The van der Waals surface area contributed by atoms with Crippen molar-refractivity contribution in [1.82, 2.24) is 14.6 Å². The van der Waals surface area contributed by atoms with Gasteiger partial charge in [0.25, 0.3) is 0 Å². The van der Waals surface area contributed by atoms with E-state index in [2.05, 4.69) is 10.1 Å². The van der Waals surface area contributed by atoms with Gasteiger partial charge in [-0.3, -0.25) is 0 Å². The summed E-state index contributed by atoms with van der Waals surface area (Å²) in [6, 6.07) is 8.00. The Morgan fingerprint density at radius 2 is 1.95 bits per heavy atom. The lowest BCUT2D eigenvalue weighted by molar-refractivity contribution is 0.411. The molecule has 0 unspecified atom stereocenters.